The minimum atomic E-state index is -0.982. The monoisotopic (exact) mass is 461 g/mol. The third-order valence-electron chi connectivity index (χ3n) is 5.87. The Bertz CT molecular complexity index is 1090. The number of carbonyl (C=O) groups is 1. The van der Waals surface area contributed by atoms with E-state index in [0.717, 1.165) is 47.7 Å². The van der Waals surface area contributed by atoms with E-state index in [0.29, 0.717) is 6.61 Å². The van der Waals surface area contributed by atoms with Gasteiger partial charge in [0.1, 0.15) is 12.4 Å². The van der Waals surface area contributed by atoms with Crippen molar-refractivity contribution >= 4 is 11.8 Å². The summed E-state index contributed by atoms with van der Waals surface area (Å²) in [5, 5.41) is 8.79. The Balaban J connectivity index is 1.54. The van der Waals surface area contributed by atoms with Crippen LogP contribution in [0.2, 0.25) is 0 Å². The number of anilines is 1. The summed E-state index contributed by atoms with van der Waals surface area (Å²) in [5.41, 5.74) is 3.20. The van der Waals surface area contributed by atoms with Gasteiger partial charge in [-0.15, -0.1) is 0 Å². The Hall–Kier alpha value is -3.29. The molecule has 1 aliphatic rings. The first-order valence-corrected chi connectivity index (χ1v) is 11.6. The van der Waals surface area contributed by atoms with Crippen molar-refractivity contribution in [2.45, 2.75) is 38.3 Å². The third kappa shape index (κ3) is 5.98. The van der Waals surface area contributed by atoms with Gasteiger partial charge < -0.3 is 19.5 Å². The maximum atomic E-state index is 10.7. The molecule has 0 bridgehead atoms. The molecule has 1 N–H and O–H groups in total. The van der Waals surface area contributed by atoms with Crippen LogP contribution in [0.5, 0.6) is 0 Å². The summed E-state index contributed by atoms with van der Waals surface area (Å²) in [6.45, 7) is 5.11. The molecule has 0 saturated carbocycles. The lowest BCUT2D eigenvalue weighted by atomic mass is 10.0. The predicted molar refractivity (Wildman–Crippen MR) is 132 cm³/mol. The Morgan fingerprint density at radius 2 is 1.71 bits per heavy atom. The number of hydrogen-bond donors (Lipinski definition) is 1. The first kappa shape index (κ1) is 23.9. The summed E-state index contributed by atoms with van der Waals surface area (Å²) in [4.78, 5) is 22.9. The van der Waals surface area contributed by atoms with Crippen LogP contribution in [-0.4, -0.2) is 59.1 Å². The molecule has 1 atom stereocenters. The predicted octanol–water partition coefficient (Wildman–Crippen LogP) is 4.68. The van der Waals surface area contributed by atoms with Crippen LogP contribution in [0.15, 0.2) is 66.9 Å². The van der Waals surface area contributed by atoms with Crippen LogP contribution in [0.3, 0.4) is 0 Å². The van der Waals surface area contributed by atoms with Crippen molar-refractivity contribution in [3.05, 3.63) is 66.9 Å². The van der Waals surface area contributed by atoms with Crippen LogP contribution < -0.4 is 4.90 Å². The molecule has 2 heterocycles. The van der Waals surface area contributed by atoms with Gasteiger partial charge in [0.2, 0.25) is 0 Å². The number of carboxylic acids is 1. The van der Waals surface area contributed by atoms with E-state index in [9.17, 15) is 4.79 Å². The van der Waals surface area contributed by atoms with Gasteiger partial charge in [0.25, 0.3) is 0 Å². The summed E-state index contributed by atoms with van der Waals surface area (Å²) >= 11 is 0. The molecule has 7 nitrogen and oxygen atoms in total. The first-order chi connectivity index (χ1) is 16.4. The average Bonchev–Trinajstić information content (AvgIpc) is 3.32. The molecule has 3 aromatic rings. The fourth-order valence-corrected chi connectivity index (χ4v) is 4.18. The summed E-state index contributed by atoms with van der Waals surface area (Å²) < 4.78 is 11.4. The average molecular weight is 462 g/mol. The highest BCUT2D eigenvalue weighted by atomic mass is 16.5. The second-order valence-electron chi connectivity index (χ2n) is 9.10. The molecule has 0 spiro atoms. The van der Waals surface area contributed by atoms with Crippen molar-refractivity contribution in [3.63, 3.8) is 0 Å². The molecular weight excluding hydrogens is 430 g/mol. The van der Waals surface area contributed by atoms with Gasteiger partial charge in [-0.2, -0.15) is 0 Å². The van der Waals surface area contributed by atoms with Crippen molar-refractivity contribution in [1.29, 1.82) is 0 Å². The quantitative estimate of drug-likeness (QED) is 0.469. The van der Waals surface area contributed by atoms with Crippen LogP contribution in [0.25, 0.3) is 22.5 Å². The van der Waals surface area contributed by atoms with E-state index in [1.807, 2.05) is 56.4 Å². The smallest absolute Gasteiger partial charge is 0.329 e. The maximum Gasteiger partial charge on any atom is 0.329 e. The van der Waals surface area contributed by atoms with Crippen LogP contribution in [0.4, 0.5) is 5.82 Å². The molecular formula is C27H31N3O4. The molecule has 2 aromatic carbocycles. The number of benzene rings is 2. The van der Waals surface area contributed by atoms with Crippen molar-refractivity contribution in [2.24, 2.45) is 0 Å². The molecule has 0 unspecified atom stereocenters. The van der Waals surface area contributed by atoms with Gasteiger partial charge in [0.15, 0.2) is 0 Å². The van der Waals surface area contributed by atoms with Crippen LogP contribution in [-0.2, 0) is 14.3 Å². The molecule has 0 amide bonds. The second-order valence-corrected chi connectivity index (χ2v) is 9.10. The molecule has 0 aliphatic carbocycles. The molecule has 1 fully saturated rings. The lowest BCUT2D eigenvalue weighted by molar-refractivity contribution is -0.146. The van der Waals surface area contributed by atoms with E-state index < -0.39 is 11.6 Å². The number of hydrogen-bond acceptors (Lipinski definition) is 6. The van der Waals surface area contributed by atoms with Gasteiger partial charge in [0.05, 0.1) is 42.4 Å². The van der Waals surface area contributed by atoms with Crippen molar-refractivity contribution in [3.8, 4) is 22.5 Å². The van der Waals surface area contributed by atoms with Crippen molar-refractivity contribution < 1.29 is 19.4 Å². The number of carboxylic acid groups (broad SMARTS) is 1. The normalized spacial score (nSPS) is 16.1. The SMILES string of the molecule is CC(C)(COCC(=O)O)OC[C@@H]1CCCN1c1cnc(-c2ccccc2)c(-c2ccccc2)n1. The first-order valence-electron chi connectivity index (χ1n) is 11.6. The van der Waals surface area contributed by atoms with E-state index in [-0.39, 0.29) is 19.3 Å². The van der Waals surface area contributed by atoms with Crippen LogP contribution in [0, 0.1) is 0 Å². The zero-order valence-electron chi connectivity index (χ0n) is 19.7. The van der Waals surface area contributed by atoms with Crippen molar-refractivity contribution in [2.75, 3.05) is 31.3 Å². The van der Waals surface area contributed by atoms with Gasteiger partial charge >= 0.3 is 5.97 Å². The lowest BCUT2D eigenvalue weighted by Gasteiger charge is -2.31. The molecule has 1 aliphatic heterocycles. The molecule has 1 aromatic heterocycles. The molecule has 0 radical (unpaired) electrons. The van der Waals surface area contributed by atoms with Gasteiger partial charge in [-0.3, -0.25) is 4.98 Å². The third-order valence-corrected chi connectivity index (χ3v) is 5.87. The van der Waals surface area contributed by atoms with Gasteiger partial charge in [-0.25, -0.2) is 9.78 Å². The standard InChI is InChI=1S/C27H31N3O4/c1-27(2,19-33-18-24(31)32)34-17-22-14-9-15-30(22)23-16-28-25(20-10-5-3-6-11-20)26(29-23)21-12-7-4-8-13-21/h3-8,10-13,16,22H,9,14-15,17-19H2,1-2H3,(H,31,32)/t22-/m0/s1. The molecule has 1 saturated heterocycles. The highest BCUT2D eigenvalue weighted by molar-refractivity contribution is 5.78. The Morgan fingerprint density at radius 3 is 2.35 bits per heavy atom. The number of ether oxygens (including phenoxy) is 2. The maximum absolute atomic E-state index is 10.7. The zero-order valence-corrected chi connectivity index (χ0v) is 19.7. The molecule has 178 valence electrons. The van der Waals surface area contributed by atoms with E-state index in [4.69, 9.17) is 24.5 Å². The number of aromatic nitrogens is 2. The van der Waals surface area contributed by atoms with Gasteiger partial charge in [-0.05, 0) is 26.7 Å². The van der Waals surface area contributed by atoms with Gasteiger partial charge in [0, 0.05) is 17.7 Å². The topological polar surface area (TPSA) is 84.8 Å². The lowest BCUT2D eigenvalue weighted by Crippen LogP contribution is -2.39. The summed E-state index contributed by atoms with van der Waals surface area (Å²) in [5.74, 6) is -0.144. The van der Waals surface area contributed by atoms with E-state index in [1.165, 1.54) is 0 Å². The minimum Gasteiger partial charge on any atom is -0.480 e. The Labute approximate surface area is 200 Å². The molecule has 7 heteroatoms. The Morgan fingerprint density at radius 1 is 1.06 bits per heavy atom. The van der Waals surface area contributed by atoms with Gasteiger partial charge in [-0.1, -0.05) is 60.7 Å². The fraction of sp³-hybridized carbons (Fsp3) is 0.370. The number of nitrogens with zero attached hydrogens (tertiary/aromatic N) is 3. The van der Waals surface area contributed by atoms with Crippen LogP contribution in [0.1, 0.15) is 26.7 Å². The van der Waals surface area contributed by atoms with Crippen LogP contribution >= 0.6 is 0 Å². The Kier molecular flexibility index (Phi) is 7.55. The second kappa shape index (κ2) is 10.8. The largest absolute Gasteiger partial charge is 0.480 e. The molecule has 4 rings (SSSR count). The summed E-state index contributed by atoms with van der Waals surface area (Å²) in [7, 11) is 0. The highest BCUT2D eigenvalue weighted by Crippen LogP contribution is 2.32. The van der Waals surface area contributed by atoms with E-state index in [2.05, 4.69) is 29.2 Å². The number of rotatable bonds is 10. The highest BCUT2D eigenvalue weighted by Gasteiger charge is 2.30. The summed E-state index contributed by atoms with van der Waals surface area (Å²) in [6, 6.07) is 20.4. The minimum absolute atomic E-state index is 0.166. The zero-order chi connectivity index (χ0) is 24.0. The van der Waals surface area contributed by atoms with E-state index >= 15 is 0 Å². The van der Waals surface area contributed by atoms with Crippen molar-refractivity contribution in [1.82, 2.24) is 9.97 Å². The van der Waals surface area contributed by atoms with E-state index in [1.54, 1.807) is 0 Å². The fourth-order valence-electron chi connectivity index (χ4n) is 4.18. The molecule has 34 heavy (non-hydrogen) atoms. The summed E-state index contributed by atoms with van der Waals surface area (Å²) in [6.07, 6.45) is 3.90. The number of aliphatic carboxylic acids is 1.